The molecular weight excluding hydrogens is 429 g/mol. The molecule has 2 rings (SSSR count). The Kier molecular flexibility index (Phi) is 11.0. The third kappa shape index (κ3) is 9.13. The standard InChI is InChI=1S/C19H30N4O2.C2HF3O2/c1-4-5-12-23(15-18(24)22-13-10-20-11-14-22)19(25)16-6-8-17(9-7-16)21(2)3;3-2(4,5)1(6)7/h6-9,20H,4-5,10-15H2,1-3H3;(H,6,7). The van der Waals surface area contributed by atoms with Gasteiger partial charge in [0.15, 0.2) is 0 Å². The van der Waals surface area contributed by atoms with Crippen LogP contribution in [0.15, 0.2) is 24.3 Å². The molecule has 1 saturated heterocycles. The number of carbonyl (C=O) groups excluding carboxylic acids is 2. The quantitative estimate of drug-likeness (QED) is 0.647. The van der Waals surface area contributed by atoms with Gasteiger partial charge in [0.05, 0.1) is 0 Å². The van der Waals surface area contributed by atoms with Crippen molar-refractivity contribution in [1.82, 2.24) is 15.1 Å². The largest absolute Gasteiger partial charge is 0.490 e. The van der Waals surface area contributed by atoms with E-state index in [1.807, 2.05) is 48.2 Å². The summed E-state index contributed by atoms with van der Waals surface area (Å²) in [5, 5.41) is 10.4. The first-order valence-electron chi connectivity index (χ1n) is 10.3. The fourth-order valence-electron chi connectivity index (χ4n) is 2.86. The van der Waals surface area contributed by atoms with E-state index in [0.717, 1.165) is 31.6 Å². The molecule has 0 unspecified atom stereocenters. The number of carboxylic acids is 1. The number of hydrogen-bond donors (Lipinski definition) is 2. The number of piperazine rings is 1. The van der Waals surface area contributed by atoms with Gasteiger partial charge in [-0.25, -0.2) is 4.79 Å². The van der Waals surface area contributed by atoms with Gasteiger partial charge in [-0.05, 0) is 30.7 Å². The molecule has 1 heterocycles. The molecule has 1 aromatic carbocycles. The lowest BCUT2D eigenvalue weighted by molar-refractivity contribution is -0.192. The van der Waals surface area contributed by atoms with Gasteiger partial charge < -0.3 is 25.1 Å². The molecule has 2 amide bonds. The van der Waals surface area contributed by atoms with Gasteiger partial charge in [0.1, 0.15) is 6.54 Å². The number of rotatable bonds is 7. The van der Waals surface area contributed by atoms with E-state index in [2.05, 4.69) is 12.2 Å². The zero-order valence-corrected chi connectivity index (χ0v) is 18.6. The lowest BCUT2D eigenvalue weighted by atomic mass is 10.1. The van der Waals surface area contributed by atoms with Gasteiger partial charge >= 0.3 is 12.1 Å². The normalized spacial score (nSPS) is 13.6. The van der Waals surface area contributed by atoms with Crippen LogP contribution in [0.5, 0.6) is 0 Å². The fourth-order valence-corrected chi connectivity index (χ4v) is 2.86. The zero-order chi connectivity index (χ0) is 24.3. The molecule has 8 nitrogen and oxygen atoms in total. The predicted octanol–water partition coefficient (Wildman–Crippen LogP) is 2.06. The van der Waals surface area contributed by atoms with Crippen molar-refractivity contribution in [1.29, 1.82) is 0 Å². The van der Waals surface area contributed by atoms with Gasteiger partial charge in [0, 0.05) is 58.1 Å². The van der Waals surface area contributed by atoms with E-state index in [1.165, 1.54) is 0 Å². The highest BCUT2D eigenvalue weighted by Crippen LogP contribution is 2.15. The molecule has 0 aliphatic carbocycles. The van der Waals surface area contributed by atoms with Crippen LogP contribution in [0.2, 0.25) is 0 Å². The smallest absolute Gasteiger partial charge is 0.475 e. The number of anilines is 1. The third-order valence-corrected chi connectivity index (χ3v) is 4.74. The number of nitrogens with one attached hydrogen (secondary N) is 1. The zero-order valence-electron chi connectivity index (χ0n) is 18.6. The Hall–Kier alpha value is -2.82. The summed E-state index contributed by atoms with van der Waals surface area (Å²) in [7, 11) is 3.94. The second kappa shape index (κ2) is 12.9. The summed E-state index contributed by atoms with van der Waals surface area (Å²) in [5.41, 5.74) is 1.68. The Bertz CT molecular complexity index is 748. The van der Waals surface area contributed by atoms with Crippen LogP contribution in [-0.2, 0) is 9.59 Å². The maximum atomic E-state index is 12.9. The highest BCUT2D eigenvalue weighted by molar-refractivity contribution is 5.96. The molecule has 1 aromatic rings. The van der Waals surface area contributed by atoms with Crippen LogP contribution in [-0.4, -0.2) is 92.2 Å². The number of hydrogen-bond acceptors (Lipinski definition) is 5. The number of aliphatic carboxylic acids is 1. The number of halogens is 3. The van der Waals surface area contributed by atoms with Gasteiger partial charge in [0.25, 0.3) is 5.91 Å². The Morgan fingerprint density at radius 3 is 2.06 bits per heavy atom. The Morgan fingerprint density at radius 1 is 1.09 bits per heavy atom. The minimum Gasteiger partial charge on any atom is -0.475 e. The van der Waals surface area contributed by atoms with E-state index in [-0.39, 0.29) is 18.4 Å². The summed E-state index contributed by atoms with van der Waals surface area (Å²) in [6.45, 7) is 5.93. The molecule has 0 spiro atoms. The number of carboxylic acid groups (broad SMARTS) is 1. The summed E-state index contributed by atoms with van der Waals surface area (Å²) in [5.74, 6) is -2.79. The number of unbranched alkanes of at least 4 members (excludes halogenated alkanes) is 1. The number of alkyl halides is 3. The molecule has 0 bridgehead atoms. The summed E-state index contributed by atoms with van der Waals surface area (Å²) in [6.07, 6.45) is -3.19. The van der Waals surface area contributed by atoms with E-state index in [1.54, 1.807) is 4.90 Å². The van der Waals surface area contributed by atoms with Crippen LogP contribution >= 0.6 is 0 Å². The average Bonchev–Trinajstić information content (AvgIpc) is 2.76. The summed E-state index contributed by atoms with van der Waals surface area (Å²) < 4.78 is 31.7. The average molecular weight is 460 g/mol. The minimum atomic E-state index is -5.08. The van der Waals surface area contributed by atoms with Crippen molar-refractivity contribution in [2.24, 2.45) is 0 Å². The van der Waals surface area contributed by atoms with E-state index >= 15 is 0 Å². The molecule has 1 aliphatic heterocycles. The molecule has 0 radical (unpaired) electrons. The van der Waals surface area contributed by atoms with Gasteiger partial charge in [-0.3, -0.25) is 9.59 Å². The Morgan fingerprint density at radius 2 is 1.62 bits per heavy atom. The molecular formula is C21H31F3N4O4. The number of benzene rings is 1. The predicted molar refractivity (Wildman–Crippen MR) is 115 cm³/mol. The third-order valence-electron chi connectivity index (χ3n) is 4.74. The van der Waals surface area contributed by atoms with Crippen molar-refractivity contribution in [2.75, 3.05) is 58.3 Å². The Labute approximate surface area is 186 Å². The first kappa shape index (κ1) is 27.2. The number of amides is 2. The molecule has 0 atom stereocenters. The van der Waals surface area contributed by atoms with E-state index in [0.29, 0.717) is 25.2 Å². The van der Waals surface area contributed by atoms with Crippen LogP contribution in [0.3, 0.4) is 0 Å². The number of carbonyl (C=O) groups is 3. The summed E-state index contributed by atoms with van der Waals surface area (Å²) in [4.78, 5) is 39.9. The molecule has 11 heteroatoms. The van der Waals surface area contributed by atoms with Crippen LogP contribution in [0.1, 0.15) is 30.1 Å². The van der Waals surface area contributed by atoms with Crippen molar-refractivity contribution in [3.63, 3.8) is 0 Å². The first-order valence-corrected chi connectivity index (χ1v) is 10.3. The summed E-state index contributed by atoms with van der Waals surface area (Å²) in [6, 6.07) is 7.55. The minimum absolute atomic E-state index is 0.0378. The van der Waals surface area contributed by atoms with Crippen molar-refractivity contribution >= 4 is 23.5 Å². The second-order valence-corrected chi connectivity index (χ2v) is 7.46. The molecule has 32 heavy (non-hydrogen) atoms. The van der Waals surface area contributed by atoms with E-state index < -0.39 is 12.1 Å². The molecule has 1 fully saturated rings. The highest BCUT2D eigenvalue weighted by Gasteiger charge is 2.38. The second-order valence-electron chi connectivity index (χ2n) is 7.46. The topological polar surface area (TPSA) is 93.2 Å². The molecule has 0 saturated carbocycles. The maximum absolute atomic E-state index is 12.9. The highest BCUT2D eigenvalue weighted by atomic mass is 19.4. The van der Waals surface area contributed by atoms with Crippen LogP contribution in [0.25, 0.3) is 0 Å². The monoisotopic (exact) mass is 460 g/mol. The number of nitrogens with zero attached hydrogens (tertiary/aromatic N) is 3. The van der Waals surface area contributed by atoms with Crippen LogP contribution < -0.4 is 10.2 Å². The fraction of sp³-hybridized carbons (Fsp3) is 0.571. The van der Waals surface area contributed by atoms with Gasteiger partial charge in [-0.1, -0.05) is 13.3 Å². The van der Waals surface area contributed by atoms with Crippen molar-refractivity contribution < 1.29 is 32.7 Å². The van der Waals surface area contributed by atoms with Crippen LogP contribution in [0.4, 0.5) is 18.9 Å². The van der Waals surface area contributed by atoms with Crippen molar-refractivity contribution in [3.05, 3.63) is 29.8 Å². The lowest BCUT2D eigenvalue weighted by Crippen LogP contribution is -2.50. The van der Waals surface area contributed by atoms with Crippen LogP contribution in [0, 0.1) is 0 Å². The lowest BCUT2D eigenvalue weighted by Gasteiger charge is -2.30. The first-order chi connectivity index (χ1) is 15.0. The molecule has 180 valence electrons. The molecule has 2 N–H and O–H groups in total. The van der Waals surface area contributed by atoms with Gasteiger partial charge in [-0.15, -0.1) is 0 Å². The van der Waals surface area contributed by atoms with Crippen molar-refractivity contribution in [3.8, 4) is 0 Å². The summed E-state index contributed by atoms with van der Waals surface area (Å²) >= 11 is 0. The Balaban J connectivity index is 0.000000633. The van der Waals surface area contributed by atoms with Crippen molar-refractivity contribution in [2.45, 2.75) is 25.9 Å². The maximum Gasteiger partial charge on any atom is 0.490 e. The van der Waals surface area contributed by atoms with E-state index in [9.17, 15) is 22.8 Å². The molecule has 0 aromatic heterocycles. The SMILES string of the molecule is CCCCN(CC(=O)N1CCNCC1)C(=O)c1ccc(N(C)C)cc1.O=C(O)C(F)(F)F. The van der Waals surface area contributed by atoms with E-state index in [4.69, 9.17) is 9.90 Å². The van der Waals surface area contributed by atoms with Gasteiger partial charge in [0.2, 0.25) is 5.91 Å². The van der Waals surface area contributed by atoms with Gasteiger partial charge in [-0.2, -0.15) is 13.2 Å². The molecule has 1 aliphatic rings.